The first-order valence-electron chi connectivity index (χ1n) is 8.20. The van der Waals surface area contributed by atoms with Crippen LogP contribution in [0.5, 0.6) is 0 Å². The molecule has 3 heterocycles. The fourth-order valence-electron chi connectivity index (χ4n) is 2.99. The van der Waals surface area contributed by atoms with Crippen molar-refractivity contribution in [3.63, 3.8) is 0 Å². The van der Waals surface area contributed by atoms with Crippen molar-refractivity contribution in [2.75, 3.05) is 18.9 Å². The first-order valence-corrected chi connectivity index (χ1v) is 9.68. The van der Waals surface area contributed by atoms with Gasteiger partial charge in [-0.05, 0) is 24.6 Å². The zero-order chi connectivity index (χ0) is 19.2. The minimum absolute atomic E-state index is 0.0687. The Kier molecular flexibility index (Phi) is 4.30. The fourth-order valence-corrected chi connectivity index (χ4v) is 4.27. The summed E-state index contributed by atoms with van der Waals surface area (Å²) in [4.78, 5) is 8.19. The van der Waals surface area contributed by atoms with Crippen molar-refractivity contribution in [2.45, 2.75) is 24.0 Å². The van der Waals surface area contributed by atoms with Crippen LogP contribution in [-0.2, 0) is 14.8 Å². The molecule has 0 aliphatic carbocycles. The highest BCUT2D eigenvalue weighted by molar-refractivity contribution is 7.89. The molecular weight excluding hydrogens is 372 g/mol. The molecular formula is C16H18N6O4S. The highest BCUT2D eigenvalue weighted by atomic mass is 32.2. The van der Waals surface area contributed by atoms with Gasteiger partial charge in [0.2, 0.25) is 10.0 Å². The van der Waals surface area contributed by atoms with Gasteiger partial charge in [0.15, 0.2) is 11.5 Å². The molecule has 3 aromatic rings. The fraction of sp³-hybridized carbons (Fsp3) is 0.312. The molecule has 1 fully saturated rings. The molecule has 2 aromatic heterocycles. The van der Waals surface area contributed by atoms with E-state index in [1.165, 1.54) is 16.9 Å². The van der Waals surface area contributed by atoms with Gasteiger partial charge in [0.1, 0.15) is 6.33 Å². The summed E-state index contributed by atoms with van der Waals surface area (Å²) in [5, 5.41) is 14.0. The molecule has 0 unspecified atom stereocenters. The lowest BCUT2D eigenvalue weighted by Gasteiger charge is -2.16. The maximum Gasteiger partial charge on any atom is 0.241 e. The lowest BCUT2D eigenvalue weighted by Crippen LogP contribution is -2.42. The maximum atomic E-state index is 12.7. The number of aliphatic hydroxyl groups is 1. The van der Waals surface area contributed by atoms with E-state index in [1.807, 2.05) is 6.92 Å². The Morgan fingerprint density at radius 2 is 2.15 bits per heavy atom. The first-order chi connectivity index (χ1) is 12.9. The normalized spacial score (nSPS) is 20.4. The number of aromatic nitrogens is 4. The molecule has 11 heteroatoms. The molecule has 1 aromatic carbocycles. The van der Waals surface area contributed by atoms with Crippen molar-refractivity contribution in [1.82, 2.24) is 24.3 Å². The van der Waals surface area contributed by atoms with Gasteiger partial charge >= 0.3 is 0 Å². The number of hydrogen-bond acceptors (Lipinski definition) is 8. The summed E-state index contributed by atoms with van der Waals surface area (Å²) in [5.74, 6) is 0.231. The molecule has 0 radical (unpaired) electrons. The number of sulfonamides is 1. The van der Waals surface area contributed by atoms with Crippen LogP contribution < -0.4 is 10.5 Å². The van der Waals surface area contributed by atoms with Gasteiger partial charge in [-0.2, -0.15) is 5.10 Å². The van der Waals surface area contributed by atoms with Crippen LogP contribution in [0.2, 0.25) is 0 Å². The van der Waals surface area contributed by atoms with Crippen molar-refractivity contribution in [3.05, 3.63) is 36.3 Å². The summed E-state index contributed by atoms with van der Waals surface area (Å²) >= 11 is 0. The minimum atomic E-state index is -3.85. The number of ether oxygens (including phenoxy) is 1. The molecule has 1 aliphatic rings. The Labute approximate surface area is 155 Å². The van der Waals surface area contributed by atoms with Crippen molar-refractivity contribution in [3.8, 4) is 11.3 Å². The molecule has 27 heavy (non-hydrogen) atoms. The summed E-state index contributed by atoms with van der Waals surface area (Å²) in [6.07, 6.45) is 2.01. The zero-order valence-electron chi connectivity index (χ0n) is 14.4. The van der Waals surface area contributed by atoms with E-state index in [1.54, 1.807) is 18.3 Å². The lowest BCUT2D eigenvalue weighted by molar-refractivity contribution is 0.124. The molecule has 1 saturated heterocycles. The summed E-state index contributed by atoms with van der Waals surface area (Å²) in [5.41, 5.74) is 8.29. The Balaban J connectivity index is 1.76. The van der Waals surface area contributed by atoms with Gasteiger partial charge in [-0.25, -0.2) is 27.6 Å². The van der Waals surface area contributed by atoms with Crippen LogP contribution in [0.25, 0.3) is 16.9 Å². The van der Waals surface area contributed by atoms with E-state index < -0.39 is 22.2 Å². The number of anilines is 1. The van der Waals surface area contributed by atoms with E-state index in [0.717, 1.165) is 5.56 Å². The van der Waals surface area contributed by atoms with Crippen LogP contribution in [0.4, 0.5) is 5.82 Å². The number of nitrogens with two attached hydrogens (primary N) is 1. The van der Waals surface area contributed by atoms with E-state index in [9.17, 15) is 13.5 Å². The number of hydrogen-bond donors (Lipinski definition) is 3. The zero-order valence-corrected chi connectivity index (χ0v) is 15.2. The van der Waals surface area contributed by atoms with E-state index in [2.05, 4.69) is 19.8 Å². The molecule has 2 atom stereocenters. The third-order valence-electron chi connectivity index (χ3n) is 4.48. The Morgan fingerprint density at radius 3 is 2.89 bits per heavy atom. The topological polar surface area (TPSA) is 145 Å². The predicted octanol–water partition coefficient (Wildman–Crippen LogP) is -0.280. The average Bonchev–Trinajstić information content (AvgIpc) is 3.22. The highest BCUT2D eigenvalue weighted by Gasteiger charge is 2.31. The molecule has 10 nitrogen and oxygen atoms in total. The molecule has 0 saturated carbocycles. The van der Waals surface area contributed by atoms with Crippen LogP contribution in [0.3, 0.4) is 0 Å². The number of aryl methyl sites for hydroxylation is 1. The molecule has 1 aliphatic heterocycles. The third kappa shape index (κ3) is 3.14. The number of fused-ring (bicyclic) bond motifs is 1. The van der Waals surface area contributed by atoms with Crippen LogP contribution in [0.15, 0.2) is 35.6 Å². The Morgan fingerprint density at radius 1 is 1.33 bits per heavy atom. The molecule has 0 amide bonds. The van der Waals surface area contributed by atoms with Gasteiger partial charge in [0.05, 0.1) is 42.1 Å². The van der Waals surface area contributed by atoms with Gasteiger partial charge in [-0.3, -0.25) is 0 Å². The first kappa shape index (κ1) is 17.8. The number of nitrogens with one attached hydrogen (secondary N) is 1. The minimum Gasteiger partial charge on any atom is -0.389 e. The summed E-state index contributed by atoms with van der Waals surface area (Å²) in [7, 11) is -3.85. The van der Waals surface area contributed by atoms with Gasteiger partial charge < -0.3 is 15.6 Å². The number of nitrogens with zero attached hydrogens (tertiary/aromatic N) is 4. The summed E-state index contributed by atoms with van der Waals surface area (Å²) < 4.78 is 34.6. The highest BCUT2D eigenvalue weighted by Crippen LogP contribution is 2.27. The second-order valence-electron chi connectivity index (χ2n) is 6.33. The number of aliphatic hydroxyl groups excluding tert-OH is 1. The lowest BCUT2D eigenvalue weighted by atomic mass is 10.1. The van der Waals surface area contributed by atoms with E-state index in [0.29, 0.717) is 16.9 Å². The Hall–Kier alpha value is -2.60. The predicted molar refractivity (Wildman–Crippen MR) is 96.3 cm³/mol. The van der Waals surface area contributed by atoms with Gasteiger partial charge in [0, 0.05) is 5.56 Å². The second-order valence-corrected chi connectivity index (χ2v) is 8.05. The quantitative estimate of drug-likeness (QED) is 0.551. The third-order valence-corrected chi connectivity index (χ3v) is 5.97. The summed E-state index contributed by atoms with van der Waals surface area (Å²) in [6.45, 7) is 2.09. The van der Waals surface area contributed by atoms with E-state index >= 15 is 0 Å². The standard InChI is InChI=1S/C16H18N6O4S/c1-9-2-3-10(27(24,25)21-12-6-26-7-14(12)23)4-11(9)13-5-18-16-15(17)19-8-20-22(13)16/h2-5,8,12,14,21,23H,6-7H2,1H3,(H2,17,19,20)/t12-,14-/m0/s1. The van der Waals surface area contributed by atoms with Crippen molar-refractivity contribution in [1.29, 1.82) is 0 Å². The Bertz CT molecular complexity index is 1110. The average molecular weight is 390 g/mol. The number of benzene rings is 1. The molecule has 4 N–H and O–H groups in total. The maximum absolute atomic E-state index is 12.7. The summed E-state index contributed by atoms with van der Waals surface area (Å²) in [6, 6.07) is 4.08. The van der Waals surface area contributed by atoms with Crippen molar-refractivity contribution in [2.24, 2.45) is 0 Å². The van der Waals surface area contributed by atoms with Gasteiger partial charge in [0.25, 0.3) is 0 Å². The van der Waals surface area contributed by atoms with Crippen molar-refractivity contribution >= 4 is 21.5 Å². The van der Waals surface area contributed by atoms with Crippen molar-refractivity contribution < 1.29 is 18.3 Å². The number of rotatable bonds is 4. The van der Waals surface area contributed by atoms with Crippen LogP contribution >= 0.6 is 0 Å². The molecule has 0 spiro atoms. The van der Waals surface area contributed by atoms with E-state index in [4.69, 9.17) is 10.5 Å². The second kappa shape index (κ2) is 6.53. The SMILES string of the molecule is Cc1ccc(S(=O)(=O)N[C@H]2COC[C@@H]2O)cc1-c1cnc2c(N)ncnn12. The van der Waals surface area contributed by atoms with E-state index in [-0.39, 0.29) is 23.9 Å². The van der Waals surface area contributed by atoms with Gasteiger partial charge in [-0.15, -0.1) is 0 Å². The molecule has 4 rings (SSSR count). The smallest absolute Gasteiger partial charge is 0.241 e. The number of nitrogen functional groups attached to an aromatic ring is 1. The monoisotopic (exact) mass is 390 g/mol. The number of imidazole rings is 1. The largest absolute Gasteiger partial charge is 0.389 e. The van der Waals surface area contributed by atoms with Crippen LogP contribution in [0.1, 0.15) is 5.56 Å². The van der Waals surface area contributed by atoms with Crippen LogP contribution in [-0.4, -0.2) is 58.5 Å². The van der Waals surface area contributed by atoms with Gasteiger partial charge in [-0.1, -0.05) is 6.07 Å². The van der Waals surface area contributed by atoms with Crippen LogP contribution in [0, 0.1) is 6.92 Å². The molecule has 142 valence electrons. The molecule has 0 bridgehead atoms.